The van der Waals surface area contributed by atoms with Crippen molar-refractivity contribution in [1.29, 1.82) is 0 Å². The van der Waals surface area contributed by atoms with Crippen LogP contribution in [0.15, 0.2) is 6.07 Å². The first-order chi connectivity index (χ1) is 7.00. The van der Waals surface area contributed by atoms with Gasteiger partial charge in [-0.2, -0.15) is 0 Å². The second-order valence-corrected chi connectivity index (χ2v) is 6.58. The summed E-state index contributed by atoms with van der Waals surface area (Å²) in [5, 5.41) is 0. The lowest BCUT2D eigenvalue weighted by atomic mass is 10.0. The molecule has 1 aliphatic rings. The molecule has 84 valence electrons. The standard InChI is InChI=1S/C13H21NS/c1-5-11-8-10-9-14(13(2,3)4)7-6-12(10)15-11/h8H,5-7,9H2,1-4H3. The molecule has 0 N–H and O–H groups in total. The zero-order chi connectivity index (χ0) is 11.1. The maximum atomic E-state index is 2.58. The average Bonchev–Trinajstić information content (AvgIpc) is 2.57. The summed E-state index contributed by atoms with van der Waals surface area (Å²) in [5.41, 5.74) is 1.89. The minimum absolute atomic E-state index is 0.312. The molecule has 1 aromatic rings. The van der Waals surface area contributed by atoms with Gasteiger partial charge in [0.2, 0.25) is 0 Å². The van der Waals surface area contributed by atoms with E-state index in [0.717, 1.165) is 6.54 Å². The molecule has 0 unspecified atom stereocenters. The van der Waals surface area contributed by atoms with Crippen LogP contribution in [0.4, 0.5) is 0 Å². The molecule has 2 heterocycles. The van der Waals surface area contributed by atoms with E-state index in [1.165, 1.54) is 19.4 Å². The Kier molecular flexibility index (Phi) is 2.91. The minimum Gasteiger partial charge on any atom is -0.294 e. The van der Waals surface area contributed by atoms with Crippen LogP contribution < -0.4 is 0 Å². The molecule has 0 aliphatic carbocycles. The molecule has 0 saturated carbocycles. The third-order valence-corrected chi connectivity index (χ3v) is 4.60. The Morgan fingerprint density at radius 1 is 1.40 bits per heavy atom. The Morgan fingerprint density at radius 2 is 2.13 bits per heavy atom. The summed E-state index contributed by atoms with van der Waals surface area (Å²) in [6.45, 7) is 11.6. The number of nitrogens with zero attached hydrogens (tertiary/aromatic N) is 1. The van der Waals surface area contributed by atoms with Crippen LogP contribution in [0.3, 0.4) is 0 Å². The van der Waals surface area contributed by atoms with Gasteiger partial charge in [0.1, 0.15) is 0 Å². The Morgan fingerprint density at radius 3 is 2.73 bits per heavy atom. The summed E-state index contributed by atoms with van der Waals surface area (Å²) in [6.07, 6.45) is 2.43. The van der Waals surface area contributed by atoms with E-state index in [4.69, 9.17) is 0 Å². The highest BCUT2D eigenvalue weighted by Gasteiger charge is 2.26. The van der Waals surface area contributed by atoms with Gasteiger partial charge in [0, 0.05) is 28.4 Å². The van der Waals surface area contributed by atoms with E-state index in [1.807, 2.05) is 11.3 Å². The number of aryl methyl sites for hydroxylation is 1. The van der Waals surface area contributed by atoms with Crippen molar-refractivity contribution in [1.82, 2.24) is 4.90 Å². The highest BCUT2D eigenvalue weighted by Crippen LogP contribution is 2.31. The normalized spacial score (nSPS) is 17.9. The fourth-order valence-electron chi connectivity index (χ4n) is 2.14. The smallest absolute Gasteiger partial charge is 0.0250 e. The predicted molar refractivity (Wildman–Crippen MR) is 67.6 cm³/mol. The molecule has 2 heteroatoms. The number of hydrogen-bond acceptors (Lipinski definition) is 2. The van der Waals surface area contributed by atoms with Crippen molar-refractivity contribution in [2.45, 2.75) is 52.6 Å². The van der Waals surface area contributed by atoms with Gasteiger partial charge in [-0.15, -0.1) is 11.3 Å². The maximum absolute atomic E-state index is 2.58. The Bertz CT molecular complexity index is 346. The van der Waals surface area contributed by atoms with Gasteiger partial charge >= 0.3 is 0 Å². The lowest BCUT2D eigenvalue weighted by Crippen LogP contribution is -2.43. The first kappa shape index (κ1) is 11.2. The topological polar surface area (TPSA) is 3.24 Å². The van der Waals surface area contributed by atoms with E-state index < -0.39 is 0 Å². The van der Waals surface area contributed by atoms with Crippen LogP contribution in [0.1, 0.15) is 43.0 Å². The quantitative estimate of drug-likeness (QED) is 0.704. The second-order valence-electron chi connectivity index (χ2n) is 5.36. The van der Waals surface area contributed by atoms with Crippen molar-refractivity contribution in [3.8, 4) is 0 Å². The Labute approximate surface area is 97.1 Å². The molecule has 0 amide bonds. The Balaban J connectivity index is 2.19. The van der Waals surface area contributed by atoms with Gasteiger partial charge in [0.05, 0.1) is 0 Å². The molecular weight excluding hydrogens is 202 g/mol. The van der Waals surface area contributed by atoms with E-state index in [9.17, 15) is 0 Å². The maximum Gasteiger partial charge on any atom is 0.0250 e. The van der Waals surface area contributed by atoms with Gasteiger partial charge in [-0.05, 0) is 45.2 Å². The second kappa shape index (κ2) is 3.91. The van der Waals surface area contributed by atoms with Gasteiger partial charge in [0.25, 0.3) is 0 Å². The highest BCUT2D eigenvalue weighted by atomic mass is 32.1. The molecule has 0 atom stereocenters. The number of thiophene rings is 1. The molecular formula is C13H21NS. The summed E-state index contributed by atoms with van der Waals surface area (Å²) in [6, 6.07) is 2.41. The highest BCUT2D eigenvalue weighted by molar-refractivity contribution is 7.12. The predicted octanol–water partition coefficient (Wildman–Crippen LogP) is 3.47. The molecule has 1 nitrogen and oxygen atoms in total. The number of rotatable bonds is 1. The molecule has 15 heavy (non-hydrogen) atoms. The summed E-state index contributed by atoms with van der Waals surface area (Å²) in [7, 11) is 0. The summed E-state index contributed by atoms with van der Waals surface area (Å²) < 4.78 is 0. The van der Waals surface area contributed by atoms with Gasteiger partial charge in [0.15, 0.2) is 0 Å². The zero-order valence-corrected chi connectivity index (χ0v) is 11.1. The van der Waals surface area contributed by atoms with Crippen LogP contribution in [0.2, 0.25) is 0 Å². The van der Waals surface area contributed by atoms with Gasteiger partial charge in [-0.1, -0.05) is 6.92 Å². The van der Waals surface area contributed by atoms with E-state index in [0.29, 0.717) is 5.54 Å². The van der Waals surface area contributed by atoms with Crippen LogP contribution in [-0.4, -0.2) is 17.0 Å². The fourth-order valence-corrected chi connectivity index (χ4v) is 3.25. The van der Waals surface area contributed by atoms with Crippen molar-refractivity contribution in [3.05, 3.63) is 21.4 Å². The van der Waals surface area contributed by atoms with Crippen molar-refractivity contribution < 1.29 is 0 Å². The van der Waals surface area contributed by atoms with Gasteiger partial charge in [-0.25, -0.2) is 0 Å². The third-order valence-electron chi connectivity index (χ3n) is 3.21. The van der Waals surface area contributed by atoms with Crippen molar-refractivity contribution in [2.75, 3.05) is 6.54 Å². The summed E-state index contributed by atoms with van der Waals surface area (Å²) in [4.78, 5) is 5.77. The van der Waals surface area contributed by atoms with Crippen molar-refractivity contribution in [3.63, 3.8) is 0 Å². The lowest BCUT2D eigenvalue weighted by Gasteiger charge is -2.38. The van der Waals surface area contributed by atoms with Gasteiger partial charge < -0.3 is 0 Å². The lowest BCUT2D eigenvalue weighted by molar-refractivity contribution is 0.122. The first-order valence-corrected chi connectivity index (χ1v) is 6.68. The van der Waals surface area contributed by atoms with Crippen LogP contribution in [0.25, 0.3) is 0 Å². The summed E-state index contributed by atoms with van der Waals surface area (Å²) >= 11 is 2.02. The molecule has 1 aromatic heterocycles. The van der Waals surface area contributed by atoms with Crippen LogP contribution in [0.5, 0.6) is 0 Å². The molecule has 0 radical (unpaired) electrons. The van der Waals surface area contributed by atoms with E-state index in [2.05, 4.69) is 38.7 Å². The molecule has 2 rings (SSSR count). The van der Waals surface area contributed by atoms with E-state index in [1.54, 1.807) is 15.3 Å². The Hall–Kier alpha value is -0.340. The van der Waals surface area contributed by atoms with E-state index in [-0.39, 0.29) is 0 Å². The minimum atomic E-state index is 0.312. The molecule has 0 saturated heterocycles. The SMILES string of the molecule is CCc1cc2c(s1)CCN(C(C)(C)C)C2. The average molecular weight is 223 g/mol. The number of fused-ring (bicyclic) bond motifs is 1. The monoisotopic (exact) mass is 223 g/mol. The molecule has 0 spiro atoms. The number of hydrogen-bond donors (Lipinski definition) is 0. The molecule has 1 aliphatic heterocycles. The van der Waals surface area contributed by atoms with Crippen LogP contribution in [-0.2, 0) is 19.4 Å². The van der Waals surface area contributed by atoms with Crippen LogP contribution in [0, 0.1) is 0 Å². The first-order valence-electron chi connectivity index (χ1n) is 5.86. The van der Waals surface area contributed by atoms with E-state index >= 15 is 0 Å². The molecule has 0 bridgehead atoms. The van der Waals surface area contributed by atoms with Crippen molar-refractivity contribution >= 4 is 11.3 Å². The van der Waals surface area contributed by atoms with Gasteiger partial charge in [-0.3, -0.25) is 4.90 Å². The third kappa shape index (κ3) is 2.26. The van der Waals surface area contributed by atoms with Crippen LogP contribution >= 0.6 is 11.3 Å². The molecule has 0 aromatic carbocycles. The summed E-state index contributed by atoms with van der Waals surface area (Å²) in [5.74, 6) is 0. The fraction of sp³-hybridized carbons (Fsp3) is 0.692. The zero-order valence-electron chi connectivity index (χ0n) is 10.3. The van der Waals surface area contributed by atoms with Crippen molar-refractivity contribution in [2.24, 2.45) is 0 Å². The largest absolute Gasteiger partial charge is 0.294 e. The molecule has 0 fully saturated rings.